The van der Waals surface area contributed by atoms with Crippen LogP contribution < -0.4 is 4.90 Å². The first-order valence-corrected chi connectivity index (χ1v) is 7.20. The van der Waals surface area contributed by atoms with Gasteiger partial charge in [0.25, 0.3) is 0 Å². The Morgan fingerprint density at radius 1 is 1.35 bits per heavy atom. The van der Waals surface area contributed by atoms with Crippen LogP contribution in [-0.4, -0.2) is 16.6 Å². The fourth-order valence-electron chi connectivity index (χ4n) is 2.85. The lowest BCUT2D eigenvalue weighted by Crippen LogP contribution is -2.16. The van der Waals surface area contributed by atoms with Gasteiger partial charge < -0.3 is 10.0 Å². The van der Waals surface area contributed by atoms with Crippen molar-refractivity contribution in [2.75, 3.05) is 11.4 Å². The lowest BCUT2D eigenvalue weighted by Gasteiger charge is -2.21. The second-order valence-corrected chi connectivity index (χ2v) is 5.36. The van der Waals surface area contributed by atoms with Gasteiger partial charge in [-0.3, -0.25) is 0 Å². The first-order valence-electron chi connectivity index (χ1n) is 7.20. The number of nitrogens with zero attached hydrogens (tertiary/aromatic N) is 2. The number of fused-ring (bicyclic) bond motifs is 1. The molecule has 0 aliphatic carbocycles. The molecule has 0 radical (unpaired) electrons. The molecule has 1 aromatic heterocycles. The number of pyridine rings is 1. The molecule has 0 bridgehead atoms. The van der Waals surface area contributed by atoms with Crippen molar-refractivity contribution in [1.82, 2.24) is 4.98 Å². The monoisotopic (exact) mass is 268 g/mol. The Bertz CT molecular complexity index is 624. The van der Waals surface area contributed by atoms with Crippen LogP contribution >= 0.6 is 0 Å². The largest absolute Gasteiger partial charge is 0.388 e. The van der Waals surface area contributed by atoms with E-state index in [1.54, 1.807) is 6.20 Å². The van der Waals surface area contributed by atoms with Crippen molar-refractivity contribution in [3.8, 4) is 0 Å². The summed E-state index contributed by atoms with van der Waals surface area (Å²) in [5, 5.41) is 9.91. The van der Waals surface area contributed by atoms with Crippen LogP contribution in [0.15, 0.2) is 36.5 Å². The Labute approximate surface area is 119 Å². The number of aliphatic hydroxyl groups excluding tert-OH is 1. The van der Waals surface area contributed by atoms with E-state index >= 15 is 0 Å². The number of para-hydroxylation sites is 1. The molecule has 20 heavy (non-hydrogen) atoms. The molecule has 0 saturated heterocycles. The fourth-order valence-corrected chi connectivity index (χ4v) is 2.85. The third kappa shape index (κ3) is 2.18. The first-order chi connectivity index (χ1) is 9.70. The highest BCUT2D eigenvalue weighted by atomic mass is 16.3. The number of hydrogen-bond donors (Lipinski definition) is 1. The average molecular weight is 268 g/mol. The van der Waals surface area contributed by atoms with Crippen molar-refractivity contribution < 1.29 is 5.11 Å². The normalized spacial score (nSPS) is 15.2. The van der Waals surface area contributed by atoms with Crippen molar-refractivity contribution in [3.05, 3.63) is 53.2 Å². The third-order valence-corrected chi connectivity index (χ3v) is 3.99. The zero-order valence-corrected chi connectivity index (χ0v) is 12.0. The molecular weight excluding hydrogens is 248 g/mol. The van der Waals surface area contributed by atoms with E-state index in [0.717, 1.165) is 29.9 Å². The quantitative estimate of drug-likeness (QED) is 0.925. The SMILES string of the molecule is CC[C@@H](O)c1cnc(N2CCc3ccccc32)c(C)c1. The van der Waals surface area contributed by atoms with E-state index in [1.165, 1.54) is 11.3 Å². The van der Waals surface area contributed by atoms with Gasteiger partial charge in [0.2, 0.25) is 0 Å². The highest BCUT2D eigenvalue weighted by Gasteiger charge is 2.22. The predicted molar refractivity (Wildman–Crippen MR) is 81.4 cm³/mol. The summed E-state index contributed by atoms with van der Waals surface area (Å²) >= 11 is 0. The minimum absolute atomic E-state index is 0.416. The molecule has 0 amide bonds. The maximum Gasteiger partial charge on any atom is 0.135 e. The molecule has 104 valence electrons. The maximum atomic E-state index is 9.91. The Hall–Kier alpha value is -1.87. The van der Waals surface area contributed by atoms with E-state index in [4.69, 9.17) is 0 Å². The number of rotatable bonds is 3. The molecule has 1 aliphatic rings. The van der Waals surface area contributed by atoms with E-state index in [-0.39, 0.29) is 0 Å². The lowest BCUT2D eigenvalue weighted by atomic mass is 10.1. The van der Waals surface area contributed by atoms with E-state index in [9.17, 15) is 5.11 Å². The second-order valence-electron chi connectivity index (χ2n) is 5.36. The molecule has 3 heteroatoms. The van der Waals surface area contributed by atoms with Crippen molar-refractivity contribution in [1.29, 1.82) is 0 Å². The van der Waals surface area contributed by atoms with Gasteiger partial charge in [-0.25, -0.2) is 4.98 Å². The number of anilines is 2. The summed E-state index contributed by atoms with van der Waals surface area (Å²) in [5.41, 5.74) is 4.66. The zero-order chi connectivity index (χ0) is 14.1. The zero-order valence-electron chi connectivity index (χ0n) is 12.0. The van der Waals surface area contributed by atoms with Crippen molar-refractivity contribution in [2.45, 2.75) is 32.8 Å². The van der Waals surface area contributed by atoms with Gasteiger partial charge in [-0.2, -0.15) is 0 Å². The summed E-state index contributed by atoms with van der Waals surface area (Å²) in [7, 11) is 0. The van der Waals surface area contributed by atoms with Crippen LogP contribution in [-0.2, 0) is 6.42 Å². The summed E-state index contributed by atoms with van der Waals surface area (Å²) < 4.78 is 0. The molecule has 3 nitrogen and oxygen atoms in total. The van der Waals surface area contributed by atoms with Crippen LogP contribution in [0.4, 0.5) is 11.5 Å². The van der Waals surface area contributed by atoms with Crippen LogP contribution in [0.2, 0.25) is 0 Å². The van der Waals surface area contributed by atoms with Gasteiger partial charge >= 0.3 is 0 Å². The van der Waals surface area contributed by atoms with Crippen LogP contribution in [0.5, 0.6) is 0 Å². The smallest absolute Gasteiger partial charge is 0.135 e. The predicted octanol–water partition coefficient (Wildman–Crippen LogP) is 3.53. The van der Waals surface area contributed by atoms with Crippen LogP contribution in [0, 0.1) is 6.92 Å². The van der Waals surface area contributed by atoms with Crippen molar-refractivity contribution >= 4 is 11.5 Å². The molecule has 0 unspecified atom stereocenters. The first kappa shape index (κ1) is 13.1. The van der Waals surface area contributed by atoms with Crippen molar-refractivity contribution in [2.24, 2.45) is 0 Å². The standard InChI is InChI=1S/C17H20N2O/c1-3-16(20)14-10-12(2)17(18-11-14)19-9-8-13-6-4-5-7-15(13)19/h4-7,10-11,16,20H,3,8-9H2,1-2H3/t16-/m1/s1. The molecule has 0 saturated carbocycles. The van der Waals surface area contributed by atoms with Gasteiger partial charge in [0.1, 0.15) is 5.82 Å². The fraction of sp³-hybridized carbons (Fsp3) is 0.353. The molecule has 2 aromatic rings. The Balaban J connectivity index is 1.96. The van der Waals surface area contributed by atoms with Crippen LogP contribution in [0.3, 0.4) is 0 Å². The number of aliphatic hydroxyl groups is 1. The minimum Gasteiger partial charge on any atom is -0.388 e. The average Bonchev–Trinajstić information content (AvgIpc) is 2.90. The molecule has 1 atom stereocenters. The van der Waals surface area contributed by atoms with Crippen LogP contribution in [0.25, 0.3) is 0 Å². The van der Waals surface area contributed by atoms with Gasteiger partial charge in [0.05, 0.1) is 6.10 Å². The van der Waals surface area contributed by atoms with Gasteiger partial charge in [-0.05, 0) is 48.6 Å². The Kier molecular flexibility index (Phi) is 3.45. The summed E-state index contributed by atoms with van der Waals surface area (Å²) in [6.07, 6.45) is 3.17. The molecule has 1 N–H and O–H groups in total. The highest BCUT2D eigenvalue weighted by molar-refractivity contribution is 5.69. The maximum absolute atomic E-state index is 9.91. The number of aryl methyl sites for hydroxylation is 1. The van der Waals surface area contributed by atoms with Gasteiger partial charge in [-0.1, -0.05) is 25.1 Å². The minimum atomic E-state index is -0.416. The van der Waals surface area contributed by atoms with E-state index in [1.807, 2.05) is 6.92 Å². The summed E-state index contributed by atoms with van der Waals surface area (Å²) in [6.45, 7) is 5.02. The molecule has 2 heterocycles. The highest BCUT2D eigenvalue weighted by Crippen LogP contribution is 2.35. The van der Waals surface area contributed by atoms with E-state index in [2.05, 4.69) is 47.1 Å². The molecular formula is C17H20N2O. The third-order valence-electron chi connectivity index (χ3n) is 3.99. The molecule has 1 aromatic carbocycles. The summed E-state index contributed by atoms with van der Waals surface area (Å²) in [5.74, 6) is 1.00. The van der Waals surface area contributed by atoms with Crippen LogP contribution in [0.1, 0.15) is 36.1 Å². The van der Waals surface area contributed by atoms with Crippen molar-refractivity contribution in [3.63, 3.8) is 0 Å². The molecule has 3 rings (SSSR count). The van der Waals surface area contributed by atoms with Gasteiger partial charge in [-0.15, -0.1) is 0 Å². The lowest BCUT2D eigenvalue weighted by molar-refractivity contribution is 0.173. The number of aromatic nitrogens is 1. The summed E-state index contributed by atoms with van der Waals surface area (Å²) in [6, 6.07) is 10.5. The second kappa shape index (κ2) is 5.25. The Morgan fingerprint density at radius 3 is 2.90 bits per heavy atom. The summed E-state index contributed by atoms with van der Waals surface area (Å²) in [4.78, 5) is 6.86. The number of hydrogen-bond acceptors (Lipinski definition) is 3. The topological polar surface area (TPSA) is 36.4 Å². The molecule has 1 aliphatic heterocycles. The Morgan fingerprint density at radius 2 is 2.15 bits per heavy atom. The van der Waals surface area contributed by atoms with E-state index in [0.29, 0.717) is 6.42 Å². The number of benzene rings is 1. The van der Waals surface area contributed by atoms with Gasteiger partial charge in [0, 0.05) is 18.4 Å². The molecule has 0 fully saturated rings. The van der Waals surface area contributed by atoms with E-state index < -0.39 is 6.10 Å². The van der Waals surface area contributed by atoms with Gasteiger partial charge in [0.15, 0.2) is 0 Å². The molecule has 0 spiro atoms.